The number of hydrogen-bond donors (Lipinski definition) is 0. The van der Waals surface area contributed by atoms with E-state index < -0.39 is 0 Å². The van der Waals surface area contributed by atoms with Crippen LogP contribution in [0.5, 0.6) is 0 Å². The van der Waals surface area contributed by atoms with Crippen molar-refractivity contribution in [3.8, 4) is 0 Å². The molecule has 1 aromatic carbocycles. The van der Waals surface area contributed by atoms with Crippen molar-refractivity contribution in [2.45, 2.75) is 0 Å². The van der Waals surface area contributed by atoms with Gasteiger partial charge in [0.2, 0.25) is 0 Å². The lowest BCUT2D eigenvalue weighted by Gasteiger charge is -1.94. The van der Waals surface area contributed by atoms with E-state index in [1.807, 2.05) is 0 Å². The zero-order valence-corrected chi connectivity index (χ0v) is 7.86. The molecule has 0 atom stereocenters. The molecule has 3 heteroatoms. The van der Waals surface area contributed by atoms with Crippen molar-refractivity contribution in [2.24, 2.45) is 0 Å². The maximum atomic E-state index is 12.8. The van der Waals surface area contributed by atoms with Crippen molar-refractivity contribution in [2.75, 3.05) is 0 Å². The first-order chi connectivity index (χ1) is 5.24. The Hall–Kier alpha value is -0.340. The molecule has 58 valence electrons. The van der Waals surface area contributed by atoms with Crippen LogP contribution in [0.3, 0.4) is 0 Å². The van der Waals surface area contributed by atoms with Crippen LogP contribution in [0.1, 0.15) is 5.56 Å². The first-order valence-electron chi connectivity index (χ1n) is 2.96. The summed E-state index contributed by atoms with van der Waals surface area (Å²) in [6.45, 7) is 0. The molecule has 0 unspecified atom stereocenters. The second kappa shape index (κ2) is 3.88. The highest BCUT2D eigenvalue weighted by Gasteiger charge is 1.97. The standard InChI is InChI=1S/C8H5BrClF/c9-5-8(11)6-1-3-7(10)4-2-6/h1-5H/b8-5-. The summed E-state index contributed by atoms with van der Waals surface area (Å²) < 4.78 is 12.8. The van der Waals surface area contributed by atoms with Crippen LogP contribution in [-0.2, 0) is 0 Å². The zero-order valence-electron chi connectivity index (χ0n) is 5.52. The third-order valence-corrected chi connectivity index (χ3v) is 1.87. The van der Waals surface area contributed by atoms with Gasteiger partial charge in [-0.3, -0.25) is 0 Å². The summed E-state index contributed by atoms with van der Waals surface area (Å²) in [6.07, 6.45) is 0. The fourth-order valence-electron chi connectivity index (χ4n) is 0.672. The molecular formula is C8H5BrClF. The van der Waals surface area contributed by atoms with Gasteiger partial charge in [-0.1, -0.05) is 39.7 Å². The maximum absolute atomic E-state index is 12.8. The molecule has 0 spiro atoms. The van der Waals surface area contributed by atoms with Crippen LogP contribution in [0.4, 0.5) is 4.39 Å². The van der Waals surface area contributed by atoms with Gasteiger partial charge in [0.1, 0.15) is 5.83 Å². The molecule has 11 heavy (non-hydrogen) atoms. The van der Waals surface area contributed by atoms with Crippen LogP contribution in [0.25, 0.3) is 5.83 Å². The van der Waals surface area contributed by atoms with E-state index in [4.69, 9.17) is 11.6 Å². The summed E-state index contributed by atoms with van der Waals surface area (Å²) >= 11 is 8.51. The Kier molecular flexibility index (Phi) is 3.09. The number of halogens is 3. The first kappa shape index (κ1) is 8.75. The zero-order chi connectivity index (χ0) is 8.27. The molecule has 0 amide bonds. The van der Waals surface area contributed by atoms with E-state index in [0.29, 0.717) is 10.6 Å². The molecule has 0 radical (unpaired) electrons. The van der Waals surface area contributed by atoms with Gasteiger partial charge in [0.15, 0.2) is 0 Å². The van der Waals surface area contributed by atoms with Crippen LogP contribution in [0.15, 0.2) is 29.3 Å². The van der Waals surface area contributed by atoms with Crippen LogP contribution in [0.2, 0.25) is 5.02 Å². The minimum atomic E-state index is -0.304. The van der Waals surface area contributed by atoms with E-state index >= 15 is 0 Å². The third kappa shape index (κ3) is 2.31. The number of benzene rings is 1. The molecule has 0 aliphatic carbocycles. The molecule has 0 bridgehead atoms. The van der Waals surface area contributed by atoms with Gasteiger partial charge in [-0.15, -0.1) is 0 Å². The van der Waals surface area contributed by atoms with E-state index in [2.05, 4.69) is 15.9 Å². The molecule has 0 saturated heterocycles. The second-order valence-electron chi connectivity index (χ2n) is 1.96. The smallest absolute Gasteiger partial charge is 0.137 e. The normalized spacial score (nSPS) is 11.7. The van der Waals surface area contributed by atoms with Crippen LogP contribution < -0.4 is 0 Å². The maximum Gasteiger partial charge on any atom is 0.137 e. The van der Waals surface area contributed by atoms with Crippen molar-refractivity contribution >= 4 is 33.4 Å². The number of hydrogen-bond acceptors (Lipinski definition) is 0. The summed E-state index contributed by atoms with van der Waals surface area (Å²) in [6, 6.07) is 6.53. The van der Waals surface area contributed by atoms with Crippen LogP contribution >= 0.6 is 27.5 Å². The van der Waals surface area contributed by atoms with Crippen molar-refractivity contribution in [3.05, 3.63) is 39.8 Å². The Labute approximate surface area is 77.8 Å². The van der Waals surface area contributed by atoms with Gasteiger partial charge >= 0.3 is 0 Å². The van der Waals surface area contributed by atoms with Gasteiger partial charge in [0.05, 0.1) is 0 Å². The topological polar surface area (TPSA) is 0 Å². The Morgan fingerprint density at radius 1 is 1.36 bits per heavy atom. The van der Waals surface area contributed by atoms with Gasteiger partial charge in [0.25, 0.3) is 0 Å². The Morgan fingerprint density at radius 3 is 2.36 bits per heavy atom. The molecule has 0 saturated carbocycles. The summed E-state index contributed by atoms with van der Waals surface area (Å²) in [5.74, 6) is -0.304. The first-order valence-corrected chi connectivity index (χ1v) is 4.25. The lowest BCUT2D eigenvalue weighted by atomic mass is 10.2. The molecule has 0 N–H and O–H groups in total. The molecule has 1 rings (SSSR count). The van der Waals surface area contributed by atoms with Gasteiger partial charge < -0.3 is 0 Å². The monoisotopic (exact) mass is 234 g/mol. The Bertz CT molecular complexity index is 266. The number of rotatable bonds is 1. The molecule has 0 nitrogen and oxygen atoms in total. The van der Waals surface area contributed by atoms with Crippen LogP contribution in [0, 0.1) is 0 Å². The second-order valence-corrected chi connectivity index (χ2v) is 2.86. The average molecular weight is 235 g/mol. The molecule has 0 aromatic heterocycles. The van der Waals surface area contributed by atoms with E-state index in [1.165, 1.54) is 4.99 Å². The molecule has 0 heterocycles. The predicted molar refractivity (Wildman–Crippen MR) is 49.5 cm³/mol. The largest absolute Gasteiger partial charge is 0.206 e. The third-order valence-electron chi connectivity index (χ3n) is 1.22. The van der Waals surface area contributed by atoms with E-state index in [1.54, 1.807) is 24.3 Å². The minimum absolute atomic E-state index is 0.304. The summed E-state index contributed by atoms with van der Waals surface area (Å²) in [5.41, 5.74) is 0.520. The van der Waals surface area contributed by atoms with E-state index in [-0.39, 0.29) is 5.83 Å². The Balaban J connectivity index is 2.99. The predicted octanol–water partition coefficient (Wildman–Crippen LogP) is 4.00. The van der Waals surface area contributed by atoms with Crippen molar-refractivity contribution < 1.29 is 4.39 Å². The van der Waals surface area contributed by atoms with Gasteiger partial charge in [-0.05, 0) is 12.1 Å². The van der Waals surface area contributed by atoms with Gasteiger partial charge in [-0.25, -0.2) is 4.39 Å². The summed E-state index contributed by atoms with van der Waals surface area (Å²) in [5, 5.41) is 0.608. The summed E-state index contributed by atoms with van der Waals surface area (Å²) in [7, 11) is 0. The molecule has 0 fully saturated rings. The Morgan fingerprint density at radius 2 is 1.91 bits per heavy atom. The minimum Gasteiger partial charge on any atom is -0.206 e. The van der Waals surface area contributed by atoms with E-state index in [9.17, 15) is 4.39 Å². The lowest BCUT2D eigenvalue weighted by molar-refractivity contribution is 0.762. The summed E-state index contributed by atoms with van der Waals surface area (Å²) in [4.78, 5) is 1.23. The van der Waals surface area contributed by atoms with Crippen molar-refractivity contribution in [3.63, 3.8) is 0 Å². The van der Waals surface area contributed by atoms with Crippen LogP contribution in [-0.4, -0.2) is 0 Å². The van der Waals surface area contributed by atoms with Crippen molar-refractivity contribution in [1.82, 2.24) is 0 Å². The molecule has 0 aliphatic rings. The highest BCUT2D eigenvalue weighted by Crippen LogP contribution is 2.19. The molecule has 1 aromatic rings. The average Bonchev–Trinajstić information content (AvgIpc) is 2.05. The fourth-order valence-corrected chi connectivity index (χ4v) is 1.06. The van der Waals surface area contributed by atoms with Gasteiger partial charge in [-0.2, -0.15) is 0 Å². The molecular weight excluding hydrogens is 230 g/mol. The molecule has 0 aliphatic heterocycles. The van der Waals surface area contributed by atoms with Crippen molar-refractivity contribution in [1.29, 1.82) is 0 Å². The van der Waals surface area contributed by atoms with E-state index in [0.717, 1.165) is 0 Å². The highest BCUT2D eigenvalue weighted by atomic mass is 79.9. The SMILES string of the molecule is F/C(=C\Br)c1ccc(Cl)cc1. The highest BCUT2D eigenvalue weighted by molar-refractivity contribution is 9.11. The fraction of sp³-hybridized carbons (Fsp3) is 0. The van der Waals surface area contributed by atoms with Gasteiger partial charge in [0, 0.05) is 15.6 Å². The lowest BCUT2D eigenvalue weighted by Crippen LogP contribution is -1.74. The quantitative estimate of drug-likeness (QED) is 0.690.